The number of halogens is 4. The standard InChI is InChI=1S/C14H17F4NO/c1-8-5-10(7-20-8)13(19-2)9-3-4-11(12(15)6-9)14(16,17)18/h3-4,6,8,10,13,19H,5,7H2,1-2H3. The normalized spacial score (nSPS) is 24.9. The van der Waals surface area contributed by atoms with Crippen molar-refractivity contribution in [2.24, 2.45) is 5.92 Å². The summed E-state index contributed by atoms with van der Waals surface area (Å²) in [4.78, 5) is 0. The second-order valence-electron chi connectivity index (χ2n) is 5.14. The van der Waals surface area contributed by atoms with E-state index in [0.29, 0.717) is 12.2 Å². The molecule has 3 unspecified atom stereocenters. The highest BCUT2D eigenvalue weighted by molar-refractivity contribution is 5.29. The summed E-state index contributed by atoms with van der Waals surface area (Å²) < 4.78 is 56.7. The van der Waals surface area contributed by atoms with Gasteiger partial charge in [-0.15, -0.1) is 0 Å². The minimum Gasteiger partial charge on any atom is -0.378 e. The van der Waals surface area contributed by atoms with E-state index in [4.69, 9.17) is 4.74 Å². The topological polar surface area (TPSA) is 21.3 Å². The second-order valence-corrected chi connectivity index (χ2v) is 5.14. The van der Waals surface area contributed by atoms with E-state index in [1.54, 1.807) is 7.05 Å². The Kier molecular flexibility index (Phi) is 4.34. The highest BCUT2D eigenvalue weighted by Gasteiger charge is 2.35. The summed E-state index contributed by atoms with van der Waals surface area (Å²) in [6.07, 6.45) is -3.74. The first kappa shape index (κ1) is 15.3. The van der Waals surface area contributed by atoms with Crippen LogP contribution in [0.5, 0.6) is 0 Å². The zero-order chi connectivity index (χ0) is 14.9. The number of alkyl halides is 3. The van der Waals surface area contributed by atoms with E-state index in [9.17, 15) is 17.6 Å². The van der Waals surface area contributed by atoms with Crippen molar-refractivity contribution in [1.29, 1.82) is 0 Å². The van der Waals surface area contributed by atoms with Gasteiger partial charge in [0, 0.05) is 12.0 Å². The minimum absolute atomic E-state index is 0.121. The quantitative estimate of drug-likeness (QED) is 0.860. The average molecular weight is 291 g/mol. The summed E-state index contributed by atoms with van der Waals surface area (Å²) in [5, 5.41) is 3.04. The van der Waals surface area contributed by atoms with Crippen molar-refractivity contribution in [2.45, 2.75) is 31.7 Å². The van der Waals surface area contributed by atoms with Crippen LogP contribution in [0.1, 0.15) is 30.5 Å². The van der Waals surface area contributed by atoms with Crippen LogP contribution in [0.4, 0.5) is 17.6 Å². The number of hydrogen-bond acceptors (Lipinski definition) is 2. The van der Waals surface area contributed by atoms with Crippen LogP contribution in [0, 0.1) is 11.7 Å². The predicted octanol–water partition coefficient (Wildman–Crippen LogP) is 3.53. The number of hydrogen-bond donors (Lipinski definition) is 1. The molecule has 0 aromatic heterocycles. The lowest BCUT2D eigenvalue weighted by Gasteiger charge is -2.23. The largest absolute Gasteiger partial charge is 0.419 e. The molecule has 3 atom stereocenters. The summed E-state index contributed by atoms with van der Waals surface area (Å²) in [7, 11) is 1.71. The van der Waals surface area contributed by atoms with Crippen LogP contribution in [0.25, 0.3) is 0 Å². The van der Waals surface area contributed by atoms with Gasteiger partial charge in [0.05, 0.1) is 18.3 Å². The van der Waals surface area contributed by atoms with Crippen molar-refractivity contribution in [1.82, 2.24) is 5.32 Å². The average Bonchev–Trinajstić information content (AvgIpc) is 2.75. The molecule has 0 bridgehead atoms. The summed E-state index contributed by atoms with van der Waals surface area (Å²) in [5.74, 6) is -1.10. The maximum absolute atomic E-state index is 13.6. The Morgan fingerprint density at radius 3 is 2.50 bits per heavy atom. The van der Waals surface area contributed by atoms with Crippen molar-refractivity contribution < 1.29 is 22.3 Å². The number of rotatable bonds is 3. The van der Waals surface area contributed by atoms with Crippen molar-refractivity contribution >= 4 is 0 Å². The zero-order valence-corrected chi connectivity index (χ0v) is 11.3. The highest BCUT2D eigenvalue weighted by atomic mass is 19.4. The maximum atomic E-state index is 13.6. The van der Waals surface area contributed by atoms with Crippen molar-refractivity contribution in [3.63, 3.8) is 0 Å². The summed E-state index contributed by atoms with van der Waals surface area (Å²) >= 11 is 0. The molecule has 1 fully saturated rings. The van der Waals surface area contributed by atoms with Gasteiger partial charge in [0.1, 0.15) is 5.82 Å². The van der Waals surface area contributed by atoms with E-state index in [-0.39, 0.29) is 18.1 Å². The Balaban J connectivity index is 2.25. The highest BCUT2D eigenvalue weighted by Crippen LogP contribution is 2.35. The third-order valence-electron chi connectivity index (χ3n) is 3.67. The van der Waals surface area contributed by atoms with Gasteiger partial charge in [-0.2, -0.15) is 13.2 Å². The maximum Gasteiger partial charge on any atom is 0.419 e. The molecule has 2 nitrogen and oxygen atoms in total. The van der Waals surface area contributed by atoms with E-state index in [1.807, 2.05) is 6.92 Å². The number of ether oxygens (including phenoxy) is 1. The fraction of sp³-hybridized carbons (Fsp3) is 0.571. The van der Waals surface area contributed by atoms with E-state index >= 15 is 0 Å². The summed E-state index contributed by atoms with van der Waals surface area (Å²) in [5.41, 5.74) is -0.715. The van der Waals surface area contributed by atoms with Gasteiger partial charge in [-0.25, -0.2) is 4.39 Å². The van der Waals surface area contributed by atoms with Gasteiger partial charge in [-0.05, 0) is 38.1 Å². The van der Waals surface area contributed by atoms with Crippen LogP contribution < -0.4 is 5.32 Å². The lowest BCUT2D eigenvalue weighted by molar-refractivity contribution is -0.140. The first-order chi connectivity index (χ1) is 9.32. The minimum atomic E-state index is -4.66. The second kappa shape index (κ2) is 5.69. The van der Waals surface area contributed by atoms with Crippen LogP contribution in [0.3, 0.4) is 0 Å². The Bertz CT molecular complexity index is 475. The Morgan fingerprint density at radius 2 is 2.05 bits per heavy atom. The van der Waals surface area contributed by atoms with Gasteiger partial charge in [0.2, 0.25) is 0 Å². The molecule has 1 aliphatic heterocycles. The predicted molar refractivity (Wildman–Crippen MR) is 66.7 cm³/mol. The molecule has 0 spiro atoms. The van der Waals surface area contributed by atoms with Gasteiger partial charge in [-0.3, -0.25) is 0 Å². The van der Waals surface area contributed by atoms with Crippen LogP contribution >= 0.6 is 0 Å². The molecule has 2 rings (SSSR count). The lowest BCUT2D eigenvalue weighted by Crippen LogP contribution is -2.26. The van der Waals surface area contributed by atoms with Crippen LogP contribution in [-0.2, 0) is 10.9 Å². The monoisotopic (exact) mass is 291 g/mol. The third-order valence-corrected chi connectivity index (χ3v) is 3.67. The fourth-order valence-corrected chi connectivity index (χ4v) is 2.71. The smallest absolute Gasteiger partial charge is 0.378 e. The van der Waals surface area contributed by atoms with Gasteiger partial charge in [0.15, 0.2) is 0 Å². The molecule has 1 aliphatic rings. The van der Waals surface area contributed by atoms with Crippen molar-refractivity contribution in [2.75, 3.05) is 13.7 Å². The molecular weight excluding hydrogens is 274 g/mol. The van der Waals surface area contributed by atoms with Gasteiger partial charge in [0.25, 0.3) is 0 Å². The van der Waals surface area contributed by atoms with E-state index in [0.717, 1.165) is 18.6 Å². The first-order valence-corrected chi connectivity index (χ1v) is 6.48. The Hall–Kier alpha value is -1.14. The molecule has 1 aromatic carbocycles. The molecular formula is C14H17F4NO. The van der Waals surface area contributed by atoms with Crippen LogP contribution in [0.15, 0.2) is 18.2 Å². The van der Waals surface area contributed by atoms with Gasteiger partial charge < -0.3 is 10.1 Å². The molecule has 1 heterocycles. The molecule has 112 valence electrons. The van der Waals surface area contributed by atoms with Crippen LogP contribution in [-0.4, -0.2) is 19.8 Å². The van der Waals surface area contributed by atoms with E-state index < -0.39 is 17.6 Å². The first-order valence-electron chi connectivity index (χ1n) is 6.48. The van der Waals surface area contributed by atoms with Gasteiger partial charge >= 0.3 is 6.18 Å². The van der Waals surface area contributed by atoms with Crippen molar-refractivity contribution in [3.05, 3.63) is 35.1 Å². The molecule has 1 N–H and O–H groups in total. The fourth-order valence-electron chi connectivity index (χ4n) is 2.71. The number of nitrogens with one attached hydrogen (secondary N) is 1. The Morgan fingerprint density at radius 1 is 1.35 bits per heavy atom. The third kappa shape index (κ3) is 3.12. The molecule has 0 amide bonds. The number of benzene rings is 1. The molecule has 20 heavy (non-hydrogen) atoms. The summed E-state index contributed by atoms with van der Waals surface area (Å²) in [6, 6.07) is 2.88. The molecule has 1 aromatic rings. The molecule has 1 saturated heterocycles. The molecule has 0 aliphatic carbocycles. The molecule has 0 radical (unpaired) electrons. The zero-order valence-electron chi connectivity index (χ0n) is 11.3. The van der Waals surface area contributed by atoms with Crippen molar-refractivity contribution in [3.8, 4) is 0 Å². The molecule has 6 heteroatoms. The Labute approximate surface area is 115 Å². The molecule has 0 saturated carbocycles. The summed E-state index contributed by atoms with van der Waals surface area (Å²) in [6.45, 7) is 2.47. The van der Waals surface area contributed by atoms with E-state index in [1.165, 1.54) is 6.07 Å². The lowest BCUT2D eigenvalue weighted by atomic mass is 9.90. The van der Waals surface area contributed by atoms with E-state index in [2.05, 4.69) is 5.32 Å². The van der Waals surface area contributed by atoms with Gasteiger partial charge in [-0.1, -0.05) is 6.07 Å². The van der Waals surface area contributed by atoms with Crippen LogP contribution in [0.2, 0.25) is 0 Å². The SMILES string of the molecule is CNC(c1ccc(C(F)(F)F)c(F)c1)C1COC(C)C1.